The number of hydrogen-bond donors (Lipinski definition) is 3. The SMILES string of the molecule is CCN(CC)CCNc1cc(N)ccc1C(=O)NC. The Morgan fingerprint density at radius 2 is 2.00 bits per heavy atom. The minimum Gasteiger partial charge on any atom is -0.399 e. The van der Waals surface area contributed by atoms with Crippen molar-refractivity contribution in [3.05, 3.63) is 23.8 Å². The summed E-state index contributed by atoms with van der Waals surface area (Å²) in [5, 5.41) is 5.92. The molecule has 106 valence electrons. The number of nitrogen functional groups attached to an aromatic ring is 1. The number of rotatable bonds is 7. The Morgan fingerprint density at radius 3 is 2.58 bits per heavy atom. The number of nitrogens with zero attached hydrogens (tertiary/aromatic N) is 1. The average Bonchev–Trinajstić information content (AvgIpc) is 2.43. The number of carbonyl (C=O) groups excluding carboxylic acids is 1. The smallest absolute Gasteiger partial charge is 0.253 e. The Kier molecular flexibility index (Phi) is 6.15. The number of nitrogens with one attached hydrogen (secondary N) is 2. The van der Waals surface area contributed by atoms with Crippen LogP contribution in [0.25, 0.3) is 0 Å². The minimum absolute atomic E-state index is 0.106. The van der Waals surface area contributed by atoms with Crippen molar-refractivity contribution < 1.29 is 4.79 Å². The molecule has 1 rings (SSSR count). The van der Waals surface area contributed by atoms with Crippen molar-refractivity contribution in [3.8, 4) is 0 Å². The van der Waals surface area contributed by atoms with Gasteiger partial charge in [-0.25, -0.2) is 0 Å². The summed E-state index contributed by atoms with van der Waals surface area (Å²) in [4.78, 5) is 14.1. The van der Waals surface area contributed by atoms with Crippen molar-refractivity contribution in [1.29, 1.82) is 0 Å². The second kappa shape index (κ2) is 7.63. The van der Waals surface area contributed by atoms with E-state index < -0.39 is 0 Å². The standard InChI is InChI=1S/C14H24N4O/c1-4-18(5-2)9-8-17-13-10-11(15)6-7-12(13)14(19)16-3/h6-7,10,17H,4-5,8-9,15H2,1-3H3,(H,16,19). The average molecular weight is 264 g/mol. The molecule has 4 N–H and O–H groups in total. The highest BCUT2D eigenvalue weighted by Gasteiger charge is 2.10. The maximum absolute atomic E-state index is 11.8. The maximum atomic E-state index is 11.8. The maximum Gasteiger partial charge on any atom is 0.253 e. The van der Waals surface area contributed by atoms with E-state index in [0.29, 0.717) is 11.3 Å². The highest BCUT2D eigenvalue weighted by molar-refractivity contribution is 6.00. The molecular formula is C14H24N4O. The molecule has 0 aliphatic carbocycles. The lowest BCUT2D eigenvalue weighted by Crippen LogP contribution is -2.29. The molecule has 1 aromatic carbocycles. The quantitative estimate of drug-likeness (QED) is 0.651. The van der Waals surface area contributed by atoms with Crippen molar-refractivity contribution in [1.82, 2.24) is 10.2 Å². The van der Waals surface area contributed by atoms with Crippen LogP contribution < -0.4 is 16.4 Å². The van der Waals surface area contributed by atoms with Crippen LogP contribution in [0.15, 0.2) is 18.2 Å². The fraction of sp³-hybridized carbons (Fsp3) is 0.500. The molecule has 5 nitrogen and oxygen atoms in total. The molecule has 0 aromatic heterocycles. The van der Waals surface area contributed by atoms with E-state index in [1.807, 2.05) is 0 Å². The fourth-order valence-electron chi connectivity index (χ4n) is 1.93. The molecule has 0 saturated carbocycles. The van der Waals surface area contributed by atoms with E-state index in [-0.39, 0.29) is 5.91 Å². The highest BCUT2D eigenvalue weighted by Crippen LogP contribution is 2.19. The molecule has 1 aromatic rings. The van der Waals surface area contributed by atoms with E-state index >= 15 is 0 Å². The highest BCUT2D eigenvalue weighted by atomic mass is 16.1. The number of benzene rings is 1. The zero-order valence-corrected chi connectivity index (χ0v) is 12.0. The van der Waals surface area contributed by atoms with Crippen molar-refractivity contribution in [2.45, 2.75) is 13.8 Å². The van der Waals surface area contributed by atoms with Gasteiger partial charge >= 0.3 is 0 Å². The predicted molar refractivity (Wildman–Crippen MR) is 80.5 cm³/mol. The van der Waals surface area contributed by atoms with Crippen LogP contribution >= 0.6 is 0 Å². The molecule has 0 spiro atoms. The number of amides is 1. The number of anilines is 2. The molecule has 0 atom stereocenters. The van der Waals surface area contributed by atoms with Gasteiger partial charge in [-0.1, -0.05) is 13.8 Å². The van der Waals surface area contributed by atoms with Gasteiger partial charge in [-0.2, -0.15) is 0 Å². The van der Waals surface area contributed by atoms with Gasteiger partial charge in [-0.15, -0.1) is 0 Å². The van der Waals surface area contributed by atoms with Gasteiger partial charge < -0.3 is 21.3 Å². The van der Waals surface area contributed by atoms with Gasteiger partial charge in [0.05, 0.1) is 5.56 Å². The Balaban J connectivity index is 2.71. The lowest BCUT2D eigenvalue weighted by Gasteiger charge is -2.19. The monoisotopic (exact) mass is 264 g/mol. The molecule has 19 heavy (non-hydrogen) atoms. The second-order valence-electron chi connectivity index (χ2n) is 4.34. The number of nitrogens with two attached hydrogens (primary N) is 1. The first-order chi connectivity index (χ1) is 9.12. The first-order valence-electron chi connectivity index (χ1n) is 6.70. The van der Waals surface area contributed by atoms with Gasteiger partial charge in [0.1, 0.15) is 0 Å². The number of hydrogen-bond acceptors (Lipinski definition) is 4. The molecule has 5 heteroatoms. The van der Waals surface area contributed by atoms with Gasteiger partial charge in [0.2, 0.25) is 0 Å². The summed E-state index contributed by atoms with van der Waals surface area (Å²) in [5.41, 5.74) is 7.83. The molecule has 0 radical (unpaired) electrons. The van der Waals surface area contributed by atoms with Gasteiger partial charge in [0.15, 0.2) is 0 Å². The molecular weight excluding hydrogens is 240 g/mol. The van der Waals surface area contributed by atoms with Crippen molar-refractivity contribution in [2.75, 3.05) is 44.3 Å². The first kappa shape index (κ1) is 15.3. The second-order valence-corrected chi connectivity index (χ2v) is 4.34. The lowest BCUT2D eigenvalue weighted by molar-refractivity contribution is 0.0964. The Hall–Kier alpha value is -1.75. The van der Waals surface area contributed by atoms with E-state index in [1.54, 1.807) is 25.2 Å². The normalized spacial score (nSPS) is 10.5. The van der Waals surface area contributed by atoms with Crippen LogP contribution in [0.5, 0.6) is 0 Å². The summed E-state index contributed by atoms with van der Waals surface area (Å²) in [5.74, 6) is -0.106. The zero-order chi connectivity index (χ0) is 14.3. The topological polar surface area (TPSA) is 70.4 Å². The third-order valence-corrected chi connectivity index (χ3v) is 3.15. The van der Waals surface area contributed by atoms with Gasteiger partial charge in [0, 0.05) is 31.5 Å². The summed E-state index contributed by atoms with van der Waals surface area (Å²) in [6.45, 7) is 8.05. The number of likely N-dealkylation sites (N-methyl/N-ethyl adjacent to an activating group) is 1. The van der Waals surface area contributed by atoms with E-state index in [1.165, 1.54) is 0 Å². The largest absolute Gasteiger partial charge is 0.399 e. The van der Waals surface area contributed by atoms with Gasteiger partial charge in [-0.05, 0) is 31.3 Å². The molecule has 1 amide bonds. The van der Waals surface area contributed by atoms with Crippen LogP contribution in [0, 0.1) is 0 Å². The van der Waals surface area contributed by atoms with E-state index in [4.69, 9.17) is 5.73 Å². The summed E-state index contributed by atoms with van der Waals surface area (Å²) in [7, 11) is 1.62. The van der Waals surface area contributed by atoms with E-state index in [2.05, 4.69) is 29.4 Å². The van der Waals surface area contributed by atoms with Gasteiger partial charge in [0.25, 0.3) is 5.91 Å². The fourth-order valence-corrected chi connectivity index (χ4v) is 1.93. The molecule has 0 bridgehead atoms. The molecule has 0 fully saturated rings. The molecule has 0 aliphatic rings. The first-order valence-corrected chi connectivity index (χ1v) is 6.70. The van der Waals surface area contributed by atoms with Crippen molar-refractivity contribution >= 4 is 17.3 Å². The zero-order valence-electron chi connectivity index (χ0n) is 12.0. The van der Waals surface area contributed by atoms with E-state index in [0.717, 1.165) is 31.9 Å². The van der Waals surface area contributed by atoms with Crippen LogP contribution in [0.3, 0.4) is 0 Å². The molecule has 0 unspecified atom stereocenters. The van der Waals surface area contributed by atoms with Crippen molar-refractivity contribution in [2.24, 2.45) is 0 Å². The lowest BCUT2D eigenvalue weighted by atomic mass is 10.1. The summed E-state index contributed by atoms with van der Waals surface area (Å²) in [6, 6.07) is 5.28. The third-order valence-electron chi connectivity index (χ3n) is 3.15. The summed E-state index contributed by atoms with van der Waals surface area (Å²) >= 11 is 0. The van der Waals surface area contributed by atoms with E-state index in [9.17, 15) is 4.79 Å². The van der Waals surface area contributed by atoms with Crippen LogP contribution in [-0.4, -0.2) is 44.0 Å². The minimum atomic E-state index is -0.106. The molecule has 0 saturated heterocycles. The van der Waals surface area contributed by atoms with Gasteiger partial charge in [-0.3, -0.25) is 4.79 Å². The van der Waals surface area contributed by atoms with Crippen molar-refractivity contribution in [3.63, 3.8) is 0 Å². The van der Waals surface area contributed by atoms with Crippen LogP contribution in [-0.2, 0) is 0 Å². The van der Waals surface area contributed by atoms with Crippen LogP contribution in [0.1, 0.15) is 24.2 Å². The Morgan fingerprint density at radius 1 is 1.32 bits per heavy atom. The van der Waals surface area contributed by atoms with Crippen LogP contribution in [0.2, 0.25) is 0 Å². The summed E-state index contributed by atoms with van der Waals surface area (Å²) < 4.78 is 0. The third kappa shape index (κ3) is 4.44. The number of carbonyl (C=O) groups is 1. The molecule has 0 heterocycles. The summed E-state index contributed by atoms with van der Waals surface area (Å²) in [6.07, 6.45) is 0. The Labute approximate surface area is 115 Å². The molecule has 0 aliphatic heterocycles. The predicted octanol–water partition coefficient (Wildman–Crippen LogP) is 1.38. The Bertz CT molecular complexity index is 416. The van der Waals surface area contributed by atoms with Crippen LogP contribution in [0.4, 0.5) is 11.4 Å².